The summed E-state index contributed by atoms with van der Waals surface area (Å²) in [5, 5.41) is 14.1. The number of carboxylic acids is 1. The summed E-state index contributed by atoms with van der Waals surface area (Å²) in [7, 11) is 1.50. The average Bonchev–Trinajstić information content (AvgIpc) is 2.94. The molecular weight excluding hydrogens is 399 g/mol. The van der Waals surface area contributed by atoms with Gasteiger partial charge in [0.1, 0.15) is 6.04 Å². The molecule has 0 spiro atoms. The van der Waals surface area contributed by atoms with Crippen molar-refractivity contribution >= 4 is 17.9 Å². The van der Waals surface area contributed by atoms with Gasteiger partial charge in [0.25, 0.3) is 0 Å². The minimum atomic E-state index is -0.995. The number of hydrogen-bond donors (Lipinski definition) is 4. The summed E-state index contributed by atoms with van der Waals surface area (Å²) in [4.78, 5) is 35.6. The van der Waals surface area contributed by atoms with Crippen LogP contribution in [0.4, 0.5) is 4.79 Å². The fourth-order valence-electron chi connectivity index (χ4n) is 1.96. The second-order valence-corrected chi connectivity index (χ2v) is 7.37. The van der Waals surface area contributed by atoms with Crippen molar-refractivity contribution in [1.82, 2.24) is 15.5 Å². The fourth-order valence-corrected chi connectivity index (χ4v) is 1.96. The van der Waals surface area contributed by atoms with Gasteiger partial charge in [-0.3, -0.25) is 4.79 Å². The molecular formula is C19H42N4O4V. The van der Waals surface area contributed by atoms with E-state index >= 15 is 0 Å². The Morgan fingerprint density at radius 1 is 1.14 bits per heavy atom. The molecule has 28 heavy (non-hydrogen) atoms. The molecule has 9 heteroatoms. The van der Waals surface area contributed by atoms with Gasteiger partial charge in [0.2, 0.25) is 5.91 Å². The molecule has 0 aromatic carbocycles. The standard InChI is InChI=1S/C12H21N3O4.C4H10.CH5N.2CH3.V/c1-12(2,3)14-11(19)13-7-9(16)15-6-4-5-8(15)10(17)18;1-4(2)3;1-2;;;/h8H,4-7H2,1-3H3,(H,17,18)(H2,13,14,19);4H,1-3H3;2H2,1H3;2*1H3;/q;;;2*-1;+2/t8-;;;;;/m0...../s1. The number of carbonyl (C=O) groups excluding carboxylic acids is 2. The van der Waals surface area contributed by atoms with Crippen LogP contribution in [0.15, 0.2) is 0 Å². The van der Waals surface area contributed by atoms with Crippen LogP contribution >= 0.6 is 0 Å². The third-order valence-corrected chi connectivity index (χ3v) is 2.75. The molecule has 167 valence electrons. The first-order valence-electron chi connectivity index (χ1n) is 8.60. The molecule has 8 nitrogen and oxygen atoms in total. The van der Waals surface area contributed by atoms with Gasteiger partial charge in [0.15, 0.2) is 0 Å². The van der Waals surface area contributed by atoms with Crippen molar-refractivity contribution in [3.8, 4) is 0 Å². The second-order valence-electron chi connectivity index (χ2n) is 7.37. The van der Waals surface area contributed by atoms with E-state index in [-0.39, 0.29) is 51.4 Å². The first-order chi connectivity index (χ1) is 11.4. The van der Waals surface area contributed by atoms with Crippen LogP contribution in [0.25, 0.3) is 0 Å². The number of rotatable bonds is 3. The molecule has 1 rings (SSSR count). The Kier molecular flexibility index (Phi) is 25.6. The summed E-state index contributed by atoms with van der Waals surface area (Å²) >= 11 is 0. The maximum atomic E-state index is 11.9. The van der Waals surface area contributed by atoms with Crippen molar-refractivity contribution in [1.29, 1.82) is 0 Å². The number of aliphatic carboxylic acids is 1. The Morgan fingerprint density at radius 2 is 1.57 bits per heavy atom. The largest absolute Gasteiger partial charge is 2.00 e. The first-order valence-corrected chi connectivity index (χ1v) is 8.60. The van der Waals surface area contributed by atoms with Crippen LogP contribution in [0.5, 0.6) is 0 Å². The van der Waals surface area contributed by atoms with E-state index < -0.39 is 18.0 Å². The van der Waals surface area contributed by atoms with E-state index in [9.17, 15) is 14.4 Å². The van der Waals surface area contributed by atoms with Gasteiger partial charge in [-0.05, 0) is 46.6 Å². The number of nitrogens with one attached hydrogen (secondary N) is 2. The Hall–Kier alpha value is -1.25. The smallest absolute Gasteiger partial charge is 0.480 e. The zero-order chi connectivity index (χ0) is 20.2. The fraction of sp³-hybridized carbons (Fsp3) is 0.737. The van der Waals surface area contributed by atoms with Crippen LogP contribution in [-0.4, -0.2) is 59.6 Å². The van der Waals surface area contributed by atoms with Gasteiger partial charge in [-0.2, -0.15) is 0 Å². The van der Waals surface area contributed by atoms with E-state index in [1.165, 1.54) is 11.9 Å². The van der Waals surface area contributed by atoms with Crippen LogP contribution in [0.1, 0.15) is 54.4 Å². The molecule has 5 N–H and O–H groups in total. The Morgan fingerprint density at radius 3 is 1.93 bits per heavy atom. The van der Waals surface area contributed by atoms with Crippen molar-refractivity contribution in [3.05, 3.63) is 14.9 Å². The molecule has 0 unspecified atom stereocenters. The molecule has 0 aromatic rings. The van der Waals surface area contributed by atoms with Gasteiger partial charge >= 0.3 is 30.6 Å². The first kappa shape index (κ1) is 37.5. The van der Waals surface area contributed by atoms with E-state index in [2.05, 4.69) is 37.1 Å². The molecule has 1 atom stereocenters. The molecule has 0 bridgehead atoms. The van der Waals surface area contributed by atoms with Crippen LogP contribution in [0.2, 0.25) is 0 Å². The molecule has 1 heterocycles. The topological polar surface area (TPSA) is 125 Å². The zero-order valence-corrected chi connectivity index (χ0v) is 20.5. The minimum Gasteiger partial charge on any atom is -0.480 e. The van der Waals surface area contributed by atoms with Gasteiger partial charge in [-0.15, -0.1) is 0 Å². The number of carboxylic acid groups (broad SMARTS) is 1. The van der Waals surface area contributed by atoms with Crippen molar-refractivity contribution in [2.45, 2.75) is 66.0 Å². The van der Waals surface area contributed by atoms with Crippen LogP contribution in [-0.2, 0) is 28.1 Å². The summed E-state index contributed by atoms with van der Waals surface area (Å²) in [5.41, 5.74) is 4.12. The Bertz CT molecular complexity index is 424. The molecule has 0 aliphatic carbocycles. The van der Waals surface area contributed by atoms with E-state index in [4.69, 9.17) is 5.11 Å². The third-order valence-electron chi connectivity index (χ3n) is 2.75. The van der Waals surface area contributed by atoms with Gasteiger partial charge < -0.3 is 41.2 Å². The maximum absolute atomic E-state index is 11.9. The molecule has 1 aliphatic heterocycles. The van der Waals surface area contributed by atoms with E-state index in [0.29, 0.717) is 19.4 Å². The summed E-state index contributed by atoms with van der Waals surface area (Å²) < 4.78 is 0. The maximum Gasteiger partial charge on any atom is 2.00 e. The van der Waals surface area contributed by atoms with Gasteiger partial charge in [-0.25, -0.2) is 9.59 Å². The Labute approximate surface area is 184 Å². The second kappa shape index (κ2) is 19.1. The Balaban J connectivity index is -0.000000174. The van der Waals surface area contributed by atoms with E-state index in [1.807, 2.05) is 20.8 Å². The number of urea groups is 1. The molecule has 3 amide bonds. The summed E-state index contributed by atoms with van der Waals surface area (Å²) in [6, 6.07) is -1.20. The SMILES string of the molecule is CC(C)(C)NC(=O)NCC(=O)N1CCC[C@H]1C(=O)O.CC(C)C.CN.[CH3-].[CH3-].[V+2]. The molecule has 1 saturated heterocycles. The van der Waals surface area contributed by atoms with E-state index in [1.54, 1.807) is 0 Å². The third kappa shape index (κ3) is 19.5. The zero-order valence-electron chi connectivity index (χ0n) is 19.1. The van der Waals surface area contributed by atoms with Crippen molar-refractivity contribution < 1.29 is 38.0 Å². The summed E-state index contributed by atoms with van der Waals surface area (Å²) in [6.45, 7) is 12.2. The van der Waals surface area contributed by atoms with Crippen molar-refractivity contribution in [2.24, 2.45) is 11.7 Å². The predicted octanol–water partition coefficient (Wildman–Crippen LogP) is 2.29. The number of nitrogens with zero attached hydrogens (tertiary/aromatic N) is 1. The monoisotopic (exact) mass is 441 g/mol. The van der Waals surface area contributed by atoms with Crippen LogP contribution < -0.4 is 16.4 Å². The molecule has 1 fully saturated rings. The van der Waals surface area contributed by atoms with Gasteiger partial charge in [0, 0.05) is 12.1 Å². The molecule has 0 saturated carbocycles. The predicted molar refractivity (Wildman–Crippen MR) is 112 cm³/mol. The van der Waals surface area contributed by atoms with Crippen molar-refractivity contribution in [2.75, 3.05) is 20.1 Å². The quantitative estimate of drug-likeness (QED) is 0.500. The van der Waals surface area contributed by atoms with Crippen LogP contribution in [0, 0.1) is 20.8 Å². The van der Waals surface area contributed by atoms with Crippen LogP contribution in [0.3, 0.4) is 0 Å². The summed E-state index contributed by atoms with van der Waals surface area (Å²) in [5.74, 6) is -0.529. The normalized spacial score (nSPS) is 14.5. The molecule has 1 radical (unpaired) electrons. The molecule has 1 aliphatic rings. The average molecular weight is 442 g/mol. The number of nitrogens with two attached hydrogens (primary N) is 1. The van der Waals surface area contributed by atoms with E-state index in [0.717, 1.165) is 5.92 Å². The number of carbonyl (C=O) groups is 3. The number of amides is 3. The van der Waals surface area contributed by atoms with Crippen molar-refractivity contribution in [3.63, 3.8) is 0 Å². The number of hydrogen-bond acceptors (Lipinski definition) is 4. The summed E-state index contributed by atoms with van der Waals surface area (Å²) in [6.07, 6.45) is 1.14. The molecule has 0 aromatic heterocycles. The van der Waals surface area contributed by atoms with Gasteiger partial charge in [-0.1, -0.05) is 20.8 Å². The number of likely N-dealkylation sites (tertiary alicyclic amines) is 1. The van der Waals surface area contributed by atoms with Gasteiger partial charge in [0.05, 0.1) is 6.54 Å². The minimum absolute atomic E-state index is 0.